The number of tetrazole rings is 1. The van der Waals surface area contributed by atoms with Crippen LogP contribution in [0.25, 0.3) is 28.0 Å². The number of fused-ring (bicyclic) bond motifs is 1. The van der Waals surface area contributed by atoms with E-state index in [0.29, 0.717) is 34.9 Å². The fraction of sp³-hybridized carbons (Fsp3) is 0.226. The van der Waals surface area contributed by atoms with Crippen LogP contribution >= 0.6 is 11.6 Å². The van der Waals surface area contributed by atoms with Crippen LogP contribution in [0.15, 0.2) is 88.5 Å². The number of piperidine rings is 1. The lowest BCUT2D eigenvalue weighted by Gasteiger charge is -2.41. The third-order valence-corrected chi connectivity index (χ3v) is 8.27. The van der Waals surface area contributed by atoms with Crippen LogP contribution in [0.5, 0.6) is 0 Å². The molecule has 3 aromatic heterocycles. The van der Waals surface area contributed by atoms with E-state index >= 15 is 0 Å². The Morgan fingerprint density at radius 3 is 2.79 bits per heavy atom. The average Bonchev–Trinajstić information content (AvgIpc) is 3.81. The summed E-state index contributed by atoms with van der Waals surface area (Å²) in [5, 5.41) is 12.1. The van der Waals surface area contributed by atoms with Crippen molar-refractivity contribution < 1.29 is 9.21 Å². The lowest BCUT2D eigenvalue weighted by Crippen LogP contribution is -2.42. The third-order valence-electron chi connectivity index (χ3n) is 8.03. The highest BCUT2D eigenvalue weighted by Crippen LogP contribution is 2.42. The van der Waals surface area contributed by atoms with E-state index in [1.54, 1.807) is 29.1 Å². The van der Waals surface area contributed by atoms with Gasteiger partial charge in [-0.3, -0.25) is 9.78 Å². The topological polar surface area (TPSA) is 139 Å². The van der Waals surface area contributed by atoms with Crippen LogP contribution in [-0.2, 0) is 11.2 Å². The van der Waals surface area contributed by atoms with Crippen molar-refractivity contribution in [2.24, 2.45) is 0 Å². The van der Waals surface area contributed by atoms with Crippen molar-refractivity contribution in [3.63, 3.8) is 0 Å². The van der Waals surface area contributed by atoms with Crippen molar-refractivity contribution in [1.82, 2.24) is 40.1 Å². The number of benzene rings is 3. The molecule has 0 bridgehead atoms. The van der Waals surface area contributed by atoms with Crippen molar-refractivity contribution in [2.75, 3.05) is 6.54 Å². The van der Waals surface area contributed by atoms with E-state index in [9.17, 15) is 9.59 Å². The molecule has 1 aliphatic rings. The zero-order chi connectivity index (χ0) is 29.3. The van der Waals surface area contributed by atoms with Gasteiger partial charge in [-0.25, -0.2) is 14.5 Å². The maximum Gasteiger partial charge on any atom is 0.417 e. The van der Waals surface area contributed by atoms with Gasteiger partial charge >= 0.3 is 5.76 Å². The number of nitrogens with zero attached hydrogens (tertiary/aromatic N) is 6. The molecule has 7 rings (SSSR count). The number of rotatable bonds is 7. The van der Waals surface area contributed by atoms with Crippen LogP contribution in [0.3, 0.4) is 0 Å². The number of aryl methyl sites for hydroxylation is 1. The summed E-state index contributed by atoms with van der Waals surface area (Å²) in [5.41, 5.74) is 5.53. The first kappa shape index (κ1) is 26.8. The fourth-order valence-electron chi connectivity index (χ4n) is 6.04. The SMILES string of the molecule is O=C(CCc1cc(Cl)ccc1-n1cnnn1)N1CCCC(c2ccccc2)C1c1ncc(-c2ccc3[nH]c(=O)oc3c2)[nH]1. The molecule has 0 aliphatic carbocycles. The highest BCUT2D eigenvalue weighted by atomic mass is 35.5. The molecule has 216 valence electrons. The second-order valence-corrected chi connectivity index (χ2v) is 11.1. The minimum Gasteiger partial charge on any atom is -0.408 e. The molecule has 11 nitrogen and oxygen atoms in total. The minimum atomic E-state index is -0.498. The predicted octanol–water partition coefficient (Wildman–Crippen LogP) is 5.22. The third kappa shape index (κ3) is 5.35. The van der Waals surface area contributed by atoms with Crippen LogP contribution in [-0.4, -0.2) is 52.5 Å². The zero-order valence-electron chi connectivity index (χ0n) is 23.0. The Morgan fingerprint density at radius 1 is 1.07 bits per heavy atom. The van der Waals surface area contributed by atoms with Gasteiger partial charge in [0.25, 0.3) is 0 Å². The van der Waals surface area contributed by atoms with Crippen LogP contribution in [0, 0.1) is 0 Å². The van der Waals surface area contributed by atoms with E-state index in [-0.39, 0.29) is 24.3 Å². The molecule has 2 N–H and O–H groups in total. The molecule has 0 spiro atoms. The molecule has 1 fully saturated rings. The number of hydrogen-bond acceptors (Lipinski definition) is 7. The number of halogens is 1. The molecule has 0 saturated carbocycles. The van der Waals surface area contributed by atoms with Gasteiger partial charge < -0.3 is 14.3 Å². The molecule has 3 aromatic carbocycles. The normalized spacial score (nSPS) is 17.0. The second-order valence-electron chi connectivity index (χ2n) is 10.6. The van der Waals surface area contributed by atoms with Gasteiger partial charge in [-0.2, -0.15) is 0 Å². The van der Waals surface area contributed by atoms with Crippen molar-refractivity contribution in [2.45, 2.75) is 37.6 Å². The Hall–Kier alpha value is -5.03. The fourth-order valence-corrected chi connectivity index (χ4v) is 6.24. The Kier molecular flexibility index (Phi) is 7.07. The zero-order valence-corrected chi connectivity index (χ0v) is 23.7. The molecule has 1 aliphatic heterocycles. The molecule has 43 heavy (non-hydrogen) atoms. The number of likely N-dealkylation sites (tertiary alicyclic amines) is 1. The monoisotopic (exact) mass is 594 g/mol. The van der Waals surface area contributed by atoms with Crippen molar-refractivity contribution >= 4 is 28.6 Å². The Morgan fingerprint density at radius 2 is 1.95 bits per heavy atom. The largest absolute Gasteiger partial charge is 0.417 e. The van der Waals surface area contributed by atoms with Crippen LogP contribution in [0.1, 0.15) is 48.2 Å². The smallest absolute Gasteiger partial charge is 0.408 e. The lowest BCUT2D eigenvalue weighted by molar-refractivity contribution is -0.135. The maximum atomic E-state index is 14.0. The predicted molar refractivity (Wildman–Crippen MR) is 160 cm³/mol. The highest BCUT2D eigenvalue weighted by Gasteiger charge is 2.38. The van der Waals surface area contributed by atoms with Crippen molar-refractivity contribution in [3.05, 3.63) is 112 Å². The molecular formula is C31H27ClN8O3. The number of carbonyl (C=O) groups is 1. The maximum absolute atomic E-state index is 14.0. The number of oxazole rings is 1. The minimum absolute atomic E-state index is 0.0294. The van der Waals surface area contributed by atoms with Gasteiger partial charge in [-0.05, 0) is 71.1 Å². The number of aromatic amines is 2. The van der Waals surface area contributed by atoms with E-state index < -0.39 is 5.76 Å². The molecule has 2 atom stereocenters. The standard InChI is InChI=1S/C31H27ClN8O3/c32-22-10-12-26(40-18-34-37-38-40)21(15-22)9-13-28(41)39-14-4-7-23(19-5-2-1-3-6-19)29(39)30-33-17-25(35-30)20-8-11-24-27(16-20)43-31(42)36-24/h1-3,5-6,8,10-12,15-18,23,29H,4,7,9,13-14H2,(H,33,35)(H,36,42). The van der Waals surface area contributed by atoms with Gasteiger partial charge in [0.1, 0.15) is 12.2 Å². The number of nitrogens with one attached hydrogen (secondary N) is 2. The summed E-state index contributed by atoms with van der Waals surface area (Å²) in [7, 11) is 0. The Bertz CT molecular complexity index is 1950. The molecule has 12 heteroatoms. The molecular weight excluding hydrogens is 568 g/mol. The van der Waals surface area contributed by atoms with Gasteiger partial charge in [0, 0.05) is 29.5 Å². The average molecular weight is 595 g/mol. The van der Waals surface area contributed by atoms with Crippen molar-refractivity contribution in [3.8, 4) is 16.9 Å². The van der Waals surface area contributed by atoms with Gasteiger partial charge in [0.15, 0.2) is 5.58 Å². The van der Waals surface area contributed by atoms with E-state index in [1.807, 2.05) is 41.3 Å². The summed E-state index contributed by atoms with van der Waals surface area (Å²) >= 11 is 6.33. The second kappa shape index (κ2) is 11.3. The first-order chi connectivity index (χ1) is 21.0. The Labute approximate surface area is 250 Å². The van der Waals surface area contributed by atoms with E-state index in [1.165, 1.54) is 6.33 Å². The van der Waals surface area contributed by atoms with E-state index in [0.717, 1.165) is 40.9 Å². The van der Waals surface area contributed by atoms with Gasteiger partial charge in [-0.1, -0.05) is 48.0 Å². The number of amides is 1. The molecule has 0 radical (unpaired) electrons. The first-order valence-electron chi connectivity index (χ1n) is 14.1. The van der Waals surface area contributed by atoms with Gasteiger partial charge in [0.05, 0.1) is 29.1 Å². The van der Waals surface area contributed by atoms with Crippen molar-refractivity contribution in [1.29, 1.82) is 0 Å². The quantitative estimate of drug-likeness (QED) is 0.258. The number of aromatic nitrogens is 7. The van der Waals surface area contributed by atoms with Crippen LogP contribution < -0.4 is 5.76 Å². The first-order valence-corrected chi connectivity index (χ1v) is 14.5. The van der Waals surface area contributed by atoms with E-state index in [4.69, 9.17) is 21.0 Å². The van der Waals surface area contributed by atoms with Crippen LogP contribution in [0.2, 0.25) is 5.02 Å². The van der Waals surface area contributed by atoms with E-state index in [2.05, 4.69) is 37.6 Å². The highest BCUT2D eigenvalue weighted by molar-refractivity contribution is 6.30. The van der Waals surface area contributed by atoms with Gasteiger partial charge in [-0.15, -0.1) is 5.10 Å². The summed E-state index contributed by atoms with van der Waals surface area (Å²) in [6.45, 7) is 0.624. The molecule has 1 saturated heterocycles. The molecule has 2 unspecified atom stereocenters. The molecule has 1 amide bonds. The molecule has 6 aromatic rings. The summed E-state index contributed by atoms with van der Waals surface area (Å²) in [5.74, 6) is 0.305. The summed E-state index contributed by atoms with van der Waals surface area (Å²) < 4.78 is 6.84. The number of hydrogen-bond donors (Lipinski definition) is 2. The summed E-state index contributed by atoms with van der Waals surface area (Å²) in [6, 6.07) is 21.0. The van der Waals surface area contributed by atoms with Crippen LogP contribution in [0.4, 0.5) is 0 Å². The number of H-pyrrole nitrogens is 2. The molecule has 4 heterocycles. The summed E-state index contributed by atoms with van der Waals surface area (Å²) in [4.78, 5) is 38.6. The number of carbonyl (C=O) groups excluding carboxylic acids is 1. The lowest BCUT2D eigenvalue weighted by atomic mass is 9.82. The summed E-state index contributed by atoms with van der Waals surface area (Å²) in [6.07, 6.45) is 5.85. The Balaban J connectivity index is 1.20. The van der Waals surface area contributed by atoms with Gasteiger partial charge in [0.2, 0.25) is 5.91 Å². The number of imidazole rings is 1.